The first-order valence-electron chi connectivity index (χ1n) is 10.7. The number of carbonyl (C=O) groups is 2. The molecule has 1 aliphatic heterocycles. The molecule has 0 bridgehead atoms. The lowest BCUT2D eigenvalue weighted by Gasteiger charge is -2.38. The van der Waals surface area contributed by atoms with Gasteiger partial charge in [0.1, 0.15) is 5.75 Å². The van der Waals surface area contributed by atoms with Gasteiger partial charge in [0.2, 0.25) is 11.9 Å². The summed E-state index contributed by atoms with van der Waals surface area (Å²) in [5.74, 6) is -0.496. The van der Waals surface area contributed by atoms with E-state index in [-0.39, 0.29) is 12.5 Å². The highest BCUT2D eigenvalue weighted by molar-refractivity contribution is 6.08. The number of para-hydroxylation sites is 2. The van der Waals surface area contributed by atoms with Crippen LogP contribution in [0.5, 0.6) is 5.75 Å². The number of imidazole rings is 1. The van der Waals surface area contributed by atoms with Crippen LogP contribution >= 0.6 is 0 Å². The third-order valence-corrected chi connectivity index (χ3v) is 5.68. The van der Waals surface area contributed by atoms with Gasteiger partial charge in [-0.15, -0.1) is 0 Å². The van der Waals surface area contributed by atoms with Crippen LogP contribution in [0.4, 0.5) is 5.95 Å². The molecule has 0 aliphatic carbocycles. The summed E-state index contributed by atoms with van der Waals surface area (Å²) in [6.45, 7) is 4.54. The van der Waals surface area contributed by atoms with Crippen molar-refractivity contribution in [3.63, 3.8) is 0 Å². The van der Waals surface area contributed by atoms with Crippen LogP contribution in [0.1, 0.15) is 38.3 Å². The van der Waals surface area contributed by atoms with Crippen molar-refractivity contribution in [1.82, 2.24) is 9.55 Å². The fraction of sp³-hybridized carbons (Fsp3) is 0.375. The van der Waals surface area contributed by atoms with Crippen LogP contribution in [0.25, 0.3) is 11.0 Å². The minimum absolute atomic E-state index is 0.213. The highest BCUT2D eigenvalue weighted by Crippen LogP contribution is 2.41. The number of unbranched alkanes of at least 4 members (excludes halogenated alkanes) is 1. The molecule has 0 saturated carbocycles. The zero-order chi connectivity index (χ0) is 22.0. The lowest BCUT2D eigenvalue weighted by Crippen LogP contribution is -2.50. The van der Waals surface area contributed by atoms with Gasteiger partial charge in [-0.1, -0.05) is 37.6 Å². The van der Waals surface area contributed by atoms with Crippen LogP contribution in [-0.4, -0.2) is 41.7 Å². The molecule has 31 heavy (non-hydrogen) atoms. The molecule has 1 aromatic heterocycles. The van der Waals surface area contributed by atoms with Crippen LogP contribution in [0.2, 0.25) is 0 Å². The van der Waals surface area contributed by atoms with Crippen molar-refractivity contribution in [3.05, 3.63) is 54.1 Å². The Morgan fingerprint density at radius 3 is 2.52 bits per heavy atom. The Balaban J connectivity index is 1.95. The lowest BCUT2D eigenvalue weighted by atomic mass is 9.89. The van der Waals surface area contributed by atoms with Crippen molar-refractivity contribution in [3.8, 4) is 5.75 Å². The second kappa shape index (κ2) is 8.79. The Labute approximate surface area is 181 Å². The maximum atomic E-state index is 13.6. The van der Waals surface area contributed by atoms with E-state index in [0.29, 0.717) is 18.2 Å². The molecule has 7 heteroatoms. The van der Waals surface area contributed by atoms with Crippen LogP contribution in [-0.2, 0) is 14.3 Å². The van der Waals surface area contributed by atoms with Crippen molar-refractivity contribution < 1.29 is 19.1 Å². The van der Waals surface area contributed by atoms with Crippen molar-refractivity contribution in [2.24, 2.45) is 5.92 Å². The maximum absolute atomic E-state index is 13.6. The summed E-state index contributed by atoms with van der Waals surface area (Å²) < 4.78 is 12.7. The molecule has 0 unspecified atom stereocenters. The standard InChI is InChI=1S/C24H27N3O4/c1-4-6-15-26-22(28)20(23(29)31-5-2)21(16-11-13-17(30-3)14-12-16)27-19-10-8-7-9-18(19)25-24(26)27/h7-14,20-21H,4-6,15H2,1-3H3/t20-,21-/m0/s1. The molecule has 2 aromatic carbocycles. The first kappa shape index (κ1) is 20.9. The molecule has 4 rings (SSSR count). The van der Waals surface area contributed by atoms with E-state index in [9.17, 15) is 9.59 Å². The third kappa shape index (κ3) is 3.65. The van der Waals surface area contributed by atoms with Crippen molar-refractivity contribution in [2.45, 2.75) is 32.7 Å². The third-order valence-electron chi connectivity index (χ3n) is 5.68. The van der Waals surface area contributed by atoms with E-state index < -0.39 is 17.9 Å². The molecule has 1 aliphatic rings. The normalized spacial score (nSPS) is 18.2. The van der Waals surface area contributed by atoms with E-state index in [2.05, 4.69) is 6.92 Å². The van der Waals surface area contributed by atoms with E-state index >= 15 is 0 Å². The Bertz CT molecular complexity index is 1090. The molecule has 2 atom stereocenters. The average molecular weight is 421 g/mol. The van der Waals surface area contributed by atoms with E-state index in [1.165, 1.54) is 0 Å². The van der Waals surface area contributed by atoms with Crippen LogP contribution in [0, 0.1) is 5.92 Å². The number of carbonyl (C=O) groups excluding carboxylic acids is 2. The number of ether oxygens (including phenoxy) is 2. The van der Waals surface area contributed by atoms with Gasteiger partial charge in [0.05, 0.1) is 30.8 Å². The highest BCUT2D eigenvalue weighted by atomic mass is 16.5. The van der Waals surface area contributed by atoms with E-state index in [4.69, 9.17) is 14.5 Å². The van der Waals surface area contributed by atoms with E-state index in [1.807, 2.05) is 53.1 Å². The lowest BCUT2D eigenvalue weighted by molar-refractivity contribution is -0.153. The second-order valence-electron chi connectivity index (χ2n) is 7.56. The van der Waals surface area contributed by atoms with Gasteiger partial charge in [-0.2, -0.15) is 0 Å². The van der Waals surface area contributed by atoms with Gasteiger partial charge in [-0.05, 0) is 43.2 Å². The Morgan fingerprint density at radius 1 is 1.10 bits per heavy atom. The Kier molecular flexibility index (Phi) is 5.93. The van der Waals surface area contributed by atoms with Crippen LogP contribution < -0.4 is 9.64 Å². The van der Waals surface area contributed by atoms with Crippen molar-refractivity contribution in [2.75, 3.05) is 25.2 Å². The van der Waals surface area contributed by atoms with E-state index in [1.54, 1.807) is 18.9 Å². The van der Waals surface area contributed by atoms with Crippen LogP contribution in [0.15, 0.2) is 48.5 Å². The summed E-state index contributed by atoms with van der Waals surface area (Å²) in [7, 11) is 1.60. The van der Waals surface area contributed by atoms with Gasteiger partial charge < -0.3 is 14.0 Å². The molecule has 162 valence electrons. The second-order valence-corrected chi connectivity index (χ2v) is 7.56. The number of rotatable bonds is 7. The summed E-state index contributed by atoms with van der Waals surface area (Å²) >= 11 is 0. The number of hydrogen-bond donors (Lipinski definition) is 0. The number of aromatic nitrogens is 2. The quantitative estimate of drug-likeness (QED) is 0.426. The molecule has 3 aromatic rings. The van der Waals surface area contributed by atoms with Gasteiger partial charge in [-0.3, -0.25) is 14.5 Å². The number of fused-ring (bicyclic) bond motifs is 3. The van der Waals surface area contributed by atoms with Gasteiger partial charge in [0, 0.05) is 6.54 Å². The molecule has 0 N–H and O–H groups in total. The molecule has 0 fully saturated rings. The smallest absolute Gasteiger partial charge is 0.321 e. The Hall–Kier alpha value is -3.35. The number of anilines is 1. The summed E-state index contributed by atoms with van der Waals surface area (Å²) in [6, 6.07) is 14.7. The molecule has 2 heterocycles. The largest absolute Gasteiger partial charge is 0.497 e. The van der Waals surface area contributed by atoms with Gasteiger partial charge in [0.25, 0.3) is 0 Å². The first-order valence-corrected chi connectivity index (χ1v) is 10.7. The Morgan fingerprint density at radius 2 is 1.84 bits per heavy atom. The summed E-state index contributed by atoms with van der Waals surface area (Å²) in [6.07, 6.45) is 1.74. The van der Waals surface area contributed by atoms with Crippen LogP contribution in [0.3, 0.4) is 0 Å². The summed E-state index contributed by atoms with van der Waals surface area (Å²) in [4.78, 5) is 33.1. The monoisotopic (exact) mass is 421 g/mol. The molecule has 0 saturated heterocycles. The average Bonchev–Trinajstić information content (AvgIpc) is 3.17. The molecule has 0 spiro atoms. The predicted molar refractivity (Wildman–Crippen MR) is 118 cm³/mol. The fourth-order valence-electron chi connectivity index (χ4n) is 4.18. The number of benzene rings is 2. The van der Waals surface area contributed by atoms with Crippen molar-refractivity contribution in [1.29, 1.82) is 0 Å². The minimum Gasteiger partial charge on any atom is -0.497 e. The molecule has 7 nitrogen and oxygen atoms in total. The maximum Gasteiger partial charge on any atom is 0.321 e. The molecule has 0 radical (unpaired) electrons. The van der Waals surface area contributed by atoms with Gasteiger partial charge in [-0.25, -0.2) is 4.98 Å². The zero-order valence-electron chi connectivity index (χ0n) is 18.1. The van der Waals surface area contributed by atoms with E-state index in [0.717, 1.165) is 29.4 Å². The van der Waals surface area contributed by atoms with Gasteiger partial charge in [0.15, 0.2) is 5.92 Å². The molecular weight excluding hydrogens is 394 g/mol. The summed E-state index contributed by atoms with van der Waals surface area (Å²) in [5, 5.41) is 0. The SMILES string of the molecule is CCCCN1C(=O)[C@@H](C(=O)OCC)[C@H](c2ccc(OC)cc2)n2c1nc1ccccc12. The topological polar surface area (TPSA) is 73.7 Å². The summed E-state index contributed by atoms with van der Waals surface area (Å²) in [5.41, 5.74) is 2.49. The predicted octanol–water partition coefficient (Wildman–Crippen LogP) is 3.96. The first-order chi connectivity index (χ1) is 15.1. The number of esters is 1. The van der Waals surface area contributed by atoms with Crippen molar-refractivity contribution >= 4 is 28.9 Å². The number of methoxy groups -OCH3 is 1. The minimum atomic E-state index is -0.990. The number of hydrogen-bond acceptors (Lipinski definition) is 5. The highest BCUT2D eigenvalue weighted by Gasteiger charge is 2.47. The zero-order valence-corrected chi connectivity index (χ0v) is 18.1. The molecule has 1 amide bonds. The fourth-order valence-corrected chi connectivity index (χ4v) is 4.18. The number of amides is 1. The number of nitrogens with zero attached hydrogens (tertiary/aromatic N) is 3. The molecular formula is C24H27N3O4. The van der Waals surface area contributed by atoms with Gasteiger partial charge >= 0.3 is 5.97 Å².